The fraction of sp³-hybridized carbons (Fsp3) is 0.483. The van der Waals surface area contributed by atoms with E-state index in [1.807, 2.05) is 26.8 Å². The molecular weight excluding hydrogens is 523 g/mol. The largest absolute Gasteiger partial charge is 0.494 e. The van der Waals surface area contributed by atoms with Crippen molar-refractivity contribution in [3.8, 4) is 16.2 Å². The number of pyridine rings is 1. The Labute approximate surface area is 229 Å². The van der Waals surface area contributed by atoms with Gasteiger partial charge in [0.25, 0.3) is 0 Å². The van der Waals surface area contributed by atoms with Gasteiger partial charge in [-0.05, 0) is 69.6 Å². The maximum Gasteiger partial charge on any atom is 0.408 e. The molecule has 2 heterocycles. The topological polar surface area (TPSA) is 107 Å². The molecule has 1 amide bonds. The van der Waals surface area contributed by atoms with Gasteiger partial charge in [0.15, 0.2) is 5.75 Å². The number of hydrogen-bond acceptors (Lipinski definition) is 6. The van der Waals surface area contributed by atoms with E-state index in [9.17, 15) is 19.5 Å². The highest BCUT2D eigenvalue weighted by Gasteiger charge is 2.40. The van der Waals surface area contributed by atoms with Crippen LogP contribution in [0.4, 0.5) is 9.18 Å². The van der Waals surface area contributed by atoms with Crippen LogP contribution in [-0.4, -0.2) is 34.4 Å². The molecule has 0 bridgehead atoms. The lowest BCUT2D eigenvalue weighted by Gasteiger charge is -2.39. The molecular formula is C29H33FN2O6S. The molecule has 208 valence electrons. The molecule has 0 radical (unpaired) electrons. The summed E-state index contributed by atoms with van der Waals surface area (Å²) >= 11 is 1.38. The number of nitrogens with zero attached hydrogens (tertiary/aromatic N) is 1. The number of nitrogens with one attached hydrogen (secondary N) is 1. The van der Waals surface area contributed by atoms with Crippen LogP contribution in [0, 0.1) is 11.2 Å². The van der Waals surface area contributed by atoms with Crippen LogP contribution >= 0.6 is 11.3 Å². The number of carboxylic acids is 1. The molecule has 0 saturated heterocycles. The fourth-order valence-corrected chi connectivity index (χ4v) is 6.84. The van der Waals surface area contributed by atoms with Crippen molar-refractivity contribution >= 4 is 34.3 Å². The van der Waals surface area contributed by atoms with Gasteiger partial charge in [-0.15, -0.1) is 11.3 Å². The molecule has 8 nitrogen and oxygen atoms in total. The number of halogens is 1. The summed E-state index contributed by atoms with van der Waals surface area (Å²) in [5, 5.41) is 12.6. The Kier molecular flexibility index (Phi) is 6.52. The Morgan fingerprint density at radius 2 is 1.92 bits per heavy atom. The average molecular weight is 557 g/mol. The predicted molar refractivity (Wildman–Crippen MR) is 147 cm³/mol. The van der Waals surface area contributed by atoms with Crippen molar-refractivity contribution < 1.29 is 28.6 Å². The minimum absolute atomic E-state index is 0.0122. The quantitative estimate of drug-likeness (QED) is 0.374. The zero-order chi connectivity index (χ0) is 28.4. The van der Waals surface area contributed by atoms with E-state index in [4.69, 9.17) is 9.47 Å². The van der Waals surface area contributed by atoms with E-state index >= 15 is 4.39 Å². The second-order valence-electron chi connectivity index (χ2n) is 12.0. The minimum Gasteiger partial charge on any atom is -0.494 e. The van der Waals surface area contributed by atoms with E-state index in [0.717, 1.165) is 42.2 Å². The van der Waals surface area contributed by atoms with E-state index in [0.29, 0.717) is 10.4 Å². The molecule has 10 heteroatoms. The van der Waals surface area contributed by atoms with E-state index in [1.165, 1.54) is 24.6 Å². The van der Waals surface area contributed by atoms with Gasteiger partial charge in [-0.2, -0.15) is 0 Å². The smallest absolute Gasteiger partial charge is 0.408 e. The third kappa shape index (κ3) is 4.90. The first kappa shape index (κ1) is 27.2. The number of alkyl carbamates (subject to hydrolysis) is 1. The number of amides is 1. The molecule has 1 unspecified atom stereocenters. The van der Waals surface area contributed by atoms with Gasteiger partial charge >= 0.3 is 12.1 Å². The molecule has 2 aromatic heterocycles. The van der Waals surface area contributed by atoms with Crippen molar-refractivity contribution in [1.82, 2.24) is 9.88 Å². The lowest BCUT2D eigenvalue weighted by atomic mass is 9.73. The van der Waals surface area contributed by atoms with Gasteiger partial charge in [0.2, 0.25) is 5.43 Å². The summed E-state index contributed by atoms with van der Waals surface area (Å²) in [7, 11) is 1.42. The van der Waals surface area contributed by atoms with Crippen LogP contribution in [0.1, 0.15) is 86.8 Å². The van der Waals surface area contributed by atoms with Gasteiger partial charge in [0, 0.05) is 22.0 Å². The molecule has 1 aromatic carbocycles. The molecule has 0 spiro atoms. The molecule has 39 heavy (non-hydrogen) atoms. The highest BCUT2D eigenvalue weighted by atomic mass is 32.1. The third-order valence-electron chi connectivity index (χ3n) is 7.43. The zero-order valence-corrected chi connectivity index (χ0v) is 23.8. The number of thiophene rings is 1. The average Bonchev–Trinajstić information content (AvgIpc) is 3.58. The van der Waals surface area contributed by atoms with E-state index in [1.54, 1.807) is 4.57 Å². The number of aryl methyl sites for hydroxylation is 1. The maximum absolute atomic E-state index is 15.9. The number of carboxylic acid groups (broad SMARTS) is 1. The number of rotatable bonds is 5. The highest BCUT2D eigenvalue weighted by molar-refractivity contribution is 7.15. The maximum atomic E-state index is 15.9. The van der Waals surface area contributed by atoms with Crippen LogP contribution in [0.15, 0.2) is 23.1 Å². The summed E-state index contributed by atoms with van der Waals surface area (Å²) in [4.78, 5) is 39.1. The molecule has 2 N–H and O–H groups in total. The summed E-state index contributed by atoms with van der Waals surface area (Å²) in [6, 6.07) is 2.72. The number of carbonyl (C=O) groups excluding carboxylic acids is 1. The van der Waals surface area contributed by atoms with Crippen molar-refractivity contribution in [2.75, 3.05) is 7.11 Å². The first-order valence-electron chi connectivity index (χ1n) is 13.0. The fourth-order valence-electron chi connectivity index (χ4n) is 5.32. The van der Waals surface area contributed by atoms with E-state index < -0.39 is 34.5 Å². The van der Waals surface area contributed by atoms with Gasteiger partial charge in [0.1, 0.15) is 17.0 Å². The number of fused-ring (bicyclic) bond motifs is 2. The van der Waals surface area contributed by atoms with Crippen molar-refractivity contribution in [3.05, 3.63) is 50.4 Å². The summed E-state index contributed by atoms with van der Waals surface area (Å²) in [6.07, 6.45) is 4.06. The number of aromatic carboxylic acids is 1. The van der Waals surface area contributed by atoms with Gasteiger partial charge in [-0.25, -0.2) is 14.0 Å². The van der Waals surface area contributed by atoms with Gasteiger partial charge in [0.05, 0.1) is 29.6 Å². The van der Waals surface area contributed by atoms with E-state index in [2.05, 4.69) is 19.2 Å². The van der Waals surface area contributed by atoms with Crippen LogP contribution in [0.5, 0.6) is 5.75 Å². The summed E-state index contributed by atoms with van der Waals surface area (Å²) in [6.45, 7) is 9.60. The molecule has 1 saturated carbocycles. The number of ether oxygens (including phenoxy) is 2. The number of aromatic nitrogens is 1. The Morgan fingerprint density at radius 1 is 1.23 bits per heavy atom. The molecule has 2 aliphatic rings. The van der Waals surface area contributed by atoms with Crippen LogP contribution in [0.25, 0.3) is 21.3 Å². The van der Waals surface area contributed by atoms with Gasteiger partial charge < -0.3 is 24.5 Å². The van der Waals surface area contributed by atoms with Gasteiger partial charge in [-0.1, -0.05) is 13.8 Å². The van der Waals surface area contributed by atoms with Crippen molar-refractivity contribution in [2.45, 2.75) is 78.0 Å². The number of benzene rings is 1. The first-order valence-corrected chi connectivity index (χ1v) is 13.8. The minimum atomic E-state index is -1.35. The number of carbonyl (C=O) groups is 2. The Bertz CT molecular complexity index is 1560. The van der Waals surface area contributed by atoms with Crippen LogP contribution in [-0.2, 0) is 11.2 Å². The van der Waals surface area contributed by atoms with Crippen LogP contribution in [0.2, 0.25) is 0 Å². The highest BCUT2D eigenvalue weighted by Crippen LogP contribution is 2.51. The monoisotopic (exact) mass is 556 g/mol. The lowest BCUT2D eigenvalue weighted by Crippen LogP contribution is -2.42. The summed E-state index contributed by atoms with van der Waals surface area (Å²) in [5.41, 5.74) is -0.432. The van der Waals surface area contributed by atoms with Crippen LogP contribution < -0.4 is 15.5 Å². The molecule has 2 aliphatic carbocycles. The van der Waals surface area contributed by atoms with Crippen LogP contribution in [0.3, 0.4) is 0 Å². The summed E-state index contributed by atoms with van der Waals surface area (Å²) < 4.78 is 28.9. The Hall–Kier alpha value is -3.40. The molecule has 1 atom stereocenters. The second-order valence-corrected chi connectivity index (χ2v) is 13.1. The molecule has 3 aromatic rings. The van der Waals surface area contributed by atoms with Crippen molar-refractivity contribution in [3.63, 3.8) is 0 Å². The number of methoxy groups -OCH3 is 1. The Balaban J connectivity index is 1.68. The van der Waals surface area contributed by atoms with Gasteiger partial charge in [-0.3, -0.25) is 4.79 Å². The van der Waals surface area contributed by atoms with Crippen molar-refractivity contribution in [2.24, 2.45) is 5.41 Å². The number of hydrogen-bond donors (Lipinski definition) is 2. The molecule has 1 fully saturated rings. The standard InChI is InChI=1S/C29H33FN2O6S/c1-28(2,3)38-27(36)31-25-24-14(9-10-29(25,4)5)11-19(39-24)20-18(30)12-16-21(23(20)37-6)32(15-7-8-15)13-17(22(16)33)26(34)35/h11-13,15,25H,7-10H2,1-6H3,(H,31,36)(H,34,35). The lowest BCUT2D eigenvalue weighted by molar-refractivity contribution is 0.0445. The third-order valence-corrected chi connectivity index (χ3v) is 8.69. The van der Waals surface area contributed by atoms with Crippen molar-refractivity contribution in [1.29, 1.82) is 0 Å². The molecule has 5 rings (SSSR count). The second kappa shape index (κ2) is 9.36. The molecule has 0 aliphatic heterocycles. The van der Waals surface area contributed by atoms with E-state index in [-0.39, 0.29) is 34.2 Å². The zero-order valence-electron chi connectivity index (χ0n) is 22.9. The summed E-state index contributed by atoms with van der Waals surface area (Å²) in [5.74, 6) is -1.83. The predicted octanol–water partition coefficient (Wildman–Crippen LogP) is 6.45. The first-order chi connectivity index (χ1) is 18.2. The normalized spacial score (nSPS) is 18.5. The Morgan fingerprint density at radius 3 is 2.51 bits per heavy atom. The SMILES string of the molecule is COc1c(-c2cc3c(s2)C(NC(=O)OC(C)(C)C)C(C)(C)CC3)c(F)cc2c(=O)c(C(=O)O)cn(C3CC3)c12.